The molecule has 0 radical (unpaired) electrons. The number of rotatable bonds is 3. The van der Waals surface area contributed by atoms with Crippen molar-refractivity contribution in [2.24, 2.45) is 0 Å². The second-order valence-corrected chi connectivity index (χ2v) is 5.46. The summed E-state index contributed by atoms with van der Waals surface area (Å²) in [7, 11) is 0. The molecule has 2 aliphatic heterocycles. The fourth-order valence-electron chi connectivity index (χ4n) is 2.47. The molecule has 0 saturated carbocycles. The lowest BCUT2D eigenvalue weighted by molar-refractivity contribution is -0.200. The van der Waals surface area contributed by atoms with Gasteiger partial charge in [0.1, 0.15) is 6.10 Å². The molecule has 0 aromatic heterocycles. The van der Waals surface area contributed by atoms with Gasteiger partial charge in [0.05, 0.1) is 13.2 Å². The SMILES string of the molecule is CC1(C)OC2COC(OCc3ccccc3)C(=O)C2O1. The standard InChI is InChI=1S/C15H18O5/c1-15(2)19-11-9-18-14(12(16)13(11)20-15)17-8-10-6-4-3-5-7-10/h3-7,11,13-14H,8-9H2,1-2H3. The number of fused-ring (bicyclic) bond motifs is 1. The smallest absolute Gasteiger partial charge is 0.221 e. The topological polar surface area (TPSA) is 54.0 Å². The van der Waals surface area contributed by atoms with Gasteiger partial charge in [-0.3, -0.25) is 4.79 Å². The van der Waals surface area contributed by atoms with Gasteiger partial charge in [0, 0.05) is 0 Å². The first-order valence-electron chi connectivity index (χ1n) is 6.72. The zero-order valence-electron chi connectivity index (χ0n) is 11.6. The molecule has 0 amide bonds. The van der Waals surface area contributed by atoms with Crippen molar-refractivity contribution >= 4 is 5.78 Å². The van der Waals surface area contributed by atoms with Gasteiger partial charge in [-0.1, -0.05) is 30.3 Å². The maximum absolute atomic E-state index is 12.3. The van der Waals surface area contributed by atoms with E-state index in [1.807, 2.05) is 30.3 Å². The average Bonchev–Trinajstić information content (AvgIpc) is 2.75. The molecular formula is C15H18O5. The van der Waals surface area contributed by atoms with Gasteiger partial charge in [-0.2, -0.15) is 0 Å². The quantitative estimate of drug-likeness (QED) is 0.841. The van der Waals surface area contributed by atoms with Crippen LogP contribution in [0.15, 0.2) is 30.3 Å². The van der Waals surface area contributed by atoms with Crippen molar-refractivity contribution in [3.8, 4) is 0 Å². The minimum atomic E-state index is -0.881. The summed E-state index contributed by atoms with van der Waals surface area (Å²) < 4.78 is 22.2. The minimum absolute atomic E-state index is 0.206. The molecule has 5 nitrogen and oxygen atoms in total. The molecule has 3 rings (SSSR count). The number of hydrogen-bond donors (Lipinski definition) is 0. The molecule has 0 bridgehead atoms. The fourth-order valence-corrected chi connectivity index (χ4v) is 2.47. The Balaban J connectivity index is 1.61. The number of benzene rings is 1. The average molecular weight is 278 g/mol. The van der Waals surface area contributed by atoms with Crippen molar-refractivity contribution in [3.05, 3.63) is 35.9 Å². The number of carbonyl (C=O) groups excluding carboxylic acids is 1. The summed E-state index contributed by atoms with van der Waals surface area (Å²) in [5.41, 5.74) is 0.995. The highest BCUT2D eigenvalue weighted by Gasteiger charge is 2.50. The Morgan fingerprint density at radius 2 is 2.00 bits per heavy atom. The third-order valence-electron chi connectivity index (χ3n) is 3.35. The zero-order chi connectivity index (χ0) is 14.2. The number of hydrogen-bond acceptors (Lipinski definition) is 5. The van der Waals surface area contributed by atoms with E-state index in [1.165, 1.54) is 0 Å². The van der Waals surface area contributed by atoms with Gasteiger partial charge in [0.2, 0.25) is 12.1 Å². The Morgan fingerprint density at radius 3 is 2.75 bits per heavy atom. The Bertz CT molecular complexity index is 484. The van der Waals surface area contributed by atoms with Gasteiger partial charge in [-0.25, -0.2) is 0 Å². The summed E-state index contributed by atoms with van der Waals surface area (Å²) in [5.74, 6) is -0.953. The lowest BCUT2D eigenvalue weighted by Gasteiger charge is -2.28. The fraction of sp³-hybridized carbons (Fsp3) is 0.533. The maximum Gasteiger partial charge on any atom is 0.221 e. The highest BCUT2D eigenvalue weighted by molar-refractivity contribution is 5.87. The van der Waals surface area contributed by atoms with E-state index in [0.29, 0.717) is 13.2 Å². The summed E-state index contributed by atoms with van der Waals surface area (Å²) in [6, 6.07) is 9.66. The summed E-state index contributed by atoms with van der Waals surface area (Å²) in [5, 5.41) is 0. The molecule has 2 saturated heterocycles. The van der Waals surface area contributed by atoms with E-state index in [2.05, 4.69) is 0 Å². The van der Waals surface area contributed by atoms with Crippen LogP contribution in [0.3, 0.4) is 0 Å². The van der Waals surface area contributed by atoms with Crippen LogP contribution in [-0.4, -0.2) is 36.7 Å². The Hall–Kier alpha value is -1.27. The number of ketones is 1. The molecule has 2 aliphatic rings. The van der Waals surface area contributed by atoms with Gasteiger partial charge in [-0.05, 0) is 19.4 Å². The van der Waals surface area contributed by atoms with Crippen molar-refractivity contribution in [2.45, 2.75) is 44.7 Å². The van der Waals surface area contributed by atoms with E-state index in [9.17, 15) is 4.79 Å². The van der Waals surface area contributed by atoms with Crippen LogP contribution in [0.1, 0.15) is 19.4 Å². The van der Waals surface area contributed by atoms with Crippen molar-refractivity contribution in [3.63, 3.8) is 0 Å². The largest absolute Gasteiger partial charge is 0.343 e. The second kappa shape index (κ2) is 5.26. The summed E-state index contributed by atoms with van der Waals surface area (Å²) in [4.78, 5) is 12.3. The molecule has 1 aromatic carbocycles. The highest BCUT2D eigenvalue weighted by atomic mass is 16.8. The van der Waals surface area contributed by atoms with Crippen LogP contribution in [0.2, 0.25) is 0 Å². The Kier molecular flexibility index (Phi) is 3.60. The lowest BCUT2D eigenvalue weighted by atomic mass is 10.1. The van der Waals surface area contributed by atoms with Crippen LogP contribution >= 0.6 is 0 Å². The molecular weight excluding hydrogens is 260 g/mol. The number of ether oxygens (including phenoxy) is 4. The number of carbonyl (C=O) groups is 1. The predicted octanol–water partition coefficient (Wildman–Crippen LogP) is 1.65. The van der Waals surface area contributed by atoms with E-state index in [1.54, 1.807) is 13.8 Å². The van der Waals surface area contributed by atoms with Gasteiger partial charge in [0.15, 0.2) is 11.9 Å². The molecule has 108 valence electrons. The monoisotopic (exact) mass is 278 g/mol. The Morgan fingerprint density at radius 1 is 1.25 bits per heavy atom. The van der Waals surface area contributed by atoms with Gasteiger partial charge in [0.25, 0.3) is 0 Å². The molecule has 0 spiro atoms. The molecule has 0 N–H and O–H groups in total. The van der Waals surface area contributed by atoms with Crippen LogP contribution in [0.4, 0.5) is 0 Å². The highest BCUT2D eigenvalue weighted by Crippen LogP contribution is 2.32. The molecule has 20 heavy (non-hydrogen) atoms. The second-order valence-electron chi connectivity index (χ2n) is 5.46. The van der Waals surface area contributed by atoms with Gasteiger partial charge < -0.3 is 18.9 Å². The lowest BCUT2D eigenvalue weighted by Crippen LogP contribution is -2.49. The Labute approximate surface area is 117 Å². The summed E-state index contributed by atoms with van der Waals surface area (Å²) in [6.45, 7) is 4.22. The van der Waals surface area contributed by atoms with E-state index in [0.717, 1.165) is 5.56 Å². The maximum atomic E-state index is 12.3. The summed E-state index contributed by atoms with van der Waals surface area (Å²) in [6.07, 6.45) is -1.82. The van der Waals surface area contributed by atoms with Crippen molar-refractivity contribution in [1.82, 2.24) is 0 Å². The van der Waals surface area contributed by atoms with Crippen LogP contribution in [0.25, 0.3) is 0 Å². The first-order valence-corrected chi connectivity index (χ1v) is 6.72. The van der Waals surface area contributed by atoms with Gasteiger partial charge >= 0.3 is 0 Å². The molecule has 1 aromatic rings. The summed E-state index contributed by atoms with van der Waals surface area (Å²) >= 11 is 0. The normalized spacial score (nSPS) is 32.1. The zero-order valence-corrected chi connectivity index (χ0v) is 11.6. The van der Waals surface area contributed by atoms with Crippen LogP contribution < -0.4 is 0 Å². The first-order chi connectivity index (χ1) is 9.55. The third-order valence-corrected chi connectivity index (χ3v) is 3.35. The van der Waals surface area contributed by atoms with Crippen molar-refractivity contribution < 1.29 is 23.7 Å². The number of Topliss-reactive ketones (excluding diaryl/α,β-unsaturated/α-hetero) is 1. The first kappa shape index (κ1) is 13.7. The van der Waals surface area contributed by atoms with Crippen LogP contribution in [0, 0.1) is 0 Å². The van der Waals surface area contributed by atoms with E-state index < -0.39 is 18.2 Å². The molecule has 3 atom stereocenters. The van der Waals surface area contributed by atoms with Crippen LogP contribution in [0.5, 0.6) is 0 Å². The molecule has 2 fully saturated rings. The molecule has 3 unspecified atom stereocenters. The predicted molar refractivity (Wildman–Crippen MR) is 69.8 cm³/mol. The molecule has 2 heterocycles. The molecule has 0 aliphatic carbocycles. The minimum Gasteiger partial charge on any atom is -0.343 e. The van der Waals surface area contributed by atoms with Gasteiger partial charge in [-0.15, -0.1) is 0 Å². The van der Waals surface area contributed by atoms with E-state index >= 15 is 0 Å². The van der Waals surface area contributed by atoms with Crippen LogP contribution in [-0.2, 0) is 30.3 Å². The van der Waals surface area contributed by atoms with Crippen molar-refractivity contribution in [2.75, 3.05) is 6.61 Å². The third kappa shape index (κ3) is 2.76. The van der Waals surface area contributed by atoms with E-state index in [4.69, 9.17) is 18.9 Å². The van der Waals surface area contributed by atoms with E-state index in [-0.39, 0.29) is 11.9 Å². The van der Waals surface area contributed by atoms with Crippen molar-refractivity contribution in [1.29, 1.82) is 0 Å². The molecule has 5 heteroatoms.